The number of nitrogens with two attached hydrogens (primary N) is 1. The van der Waals surface area contributed by atoms with Gasteiger partial charge in [-0.15, -0.1) is 0 Å². The Kier molecular flexibility index (Phi) is 5.36. The van der Waals surface area contributed by atoms with E-state index >= 15 is 0 Å². The molecule has 5 heteroatoms. The van der Waals surface area contributed by atoms with Crippen LogP contribution in [0.2, 0.25) is 0 Å². The number of methoxy groups -OCH3 is 2. The number of ether oxygens (including phenoxy) is 2. The zero-order chi connectivity index (χ0) is 15.2. The van der Waals surface area contributed by atoms with Gasteiger partial charge in [0.05, 0.1) is 25.0 Å². The Morgan fingerprint density at radius 3 is 2.43 bits per heavy atom. The molecule has 0 amide bonds. The van der Waals surface area contributed by atoms with E-state index in [2.05, 4.69) is 0 Å². The first kappa shape index (κ1) is 15.5. The molecule has 21 heavy (non-hydrogen) atoms. The van der Waals surface area contributed by atoms with Gasteiger partial charge in [0.2, 0.25) is 0 Å². The van der Waals surface area contributed by atoms with Crippen molar-refractivity contribution in [2.24, 2.45) is 5.73 Å². The van der Waals surface area contributed by atoms with Gasteiger partial charge < -0.3 is 15.2 Å². The number of hydrogen-bond acceptors (Lipinski definition) is 4. The zero-order valence-corrected chi connectivity index (χ0v) is 12.9. The quantitative estimate of drug-likeness (QED) is 0.891. The lowest BCUT2D eigenvalue weighted by Crippen LogP contribution is -2.19. The molecule has 2 aromatic carbocycles. The molecule has 0 radical (unpaired) electrons. The van der Waals surface area contributed by atoms with Crippen molar-refractivity contribution < 1.29 is 13.7 Å². The van der Waals surface area contributed by atoms with E-state index in [4.69, 9.17) is 15.2 Å². The molecule has 0 bridgehead atoms. The normalized spacial score (nSPS) is 13.5. The van der Waals surface area contributed by atoms with Gasteiger partial charge in [-0.05, 0) is 30.3 Å². The number of rotatable bonds is 6. The first-order valence-corrected chi connectivity index (χ1v) is 7.88. The molecular formula is C16H19NO3S. The summed E-state index contributed by atoms with van der Waals surface area (Å²) in [6.45, 7) is 0. The maximum atomic E-state index is 12.3. The molecule has 112 valence electrons. The van der Waals surface area contributed by atoms with E-state index in [9.17, 15) is 4.21 Å². The van der Waals surface area contributed by atoms with E-state index in [1.165, 1.54) is 0 Å². The molecule has 0 heterocycles. The van der Waals surface area contributed by atoms with Crippen LogP contribution in [0.25, 0.3) is 0 Å². The third-order valence-electron chi connectivity index (χ3n) is 3.17. The molecule has 0 fully saturated rings. The predicted octanol–water partition coefficient (Wildman–Crippen LogP) is 2.51. The molecule has 0 spiro atoms. The van der Waals surface area contributed by atoms with Gasteiger partial charge in [-0.2, -0.15) is 0 Å². The van der Waals surface area contributed by atoms with Crippen LogP contribution in [0.5, 0.6) is 11.5 Å². The predicted molar refractivity (Wildman–Crippen MR) is 84.2 cm³/mol. The van der Waals surface area contributed by atoms with Crippen molar-refractivity contribution in [3.05, 3.63) is 54.1 Å². The van der Waals surface area contributed by atoms with E-state index in [-0.39, 0.29) is 0 Å². The third kappa shape index (κ3) is 3.83. The molecular weight excluding hydrogens is 286 g/mol. The van der Waals surface area contributed by atoms with Crippen molar-refractivity contribution in [2.45, 2.75) is 10.9 Å². The first-order chi connectivity index (χ1) is 10.2. The number of benzene rings is 2. The molecule has 0 aliphatic heterocycles. The Bertz CT molecular complexity index is 616. The Hall–Kier alpha value is -1.85. The van der Waals surface area contributed by atoms with Crippen molar-refractivity contribution in [1.82, 2.24) is 0 Å². The SMILES string of the molecule is COc1ccc(OC)c(C(N)CS(=O)c2ccccc2)c1. The summed E-state index contributed by atoms with van der Waals surface area (Å²) in [5, 5.41) is 0. The summed E-state index contributed by atoms with van der Waals surface area (Å²) in [5.74, 6) is 1.70. The second kappa shape index (κ2) is 7.24. The molecule has 2 atom stereocenters. The highest BCUT2D eigenvalue weighted by Crippen LogP contribution is 2.29. The van der Waals surface area contributed by atoms with E-state index in [0.29, 0.717) is 17.3 Å². The maximum Gasteiger partial charge on any atom is 0.123 e. The van der Waals surface area contributed by atoms with E-state index < -0.39 is 16.8 Å². The molecule has 2 unspecified atom stereocenters. The average molecular weight is 305 g/mol. The molecule has 0 aliphatic carbocycles. The van der Waals surface area contributed by atoms with Crippen LogP contribution in [0.15, 0.2) is 53.4 Å². The van der Waals surface area contributed by atoms with Crippen molar-refractivity contribution in [2.75, 3.05) is 20.0 Å². The molecule has 2 aromatic rings. The molecule has 0 saturated carbocycles. The van der Waals surface area contributed by atoms with Gasteiger partial charge >= 0.3 is 0 Å². The van der Waals surface area contributed by atoms with Crippen molar-refractivity contribution >= 4 is 10.8 Å². The monoisotopic (exact) mass is 305 g/mol. The number of hydrogen-bond donors (Lipinski definition) is 1. The van der Waals surface area contributed by atoms with Crippen LogP contribution in [-0.2, 0) is 10.8 Å². The van der Waals surface area contributed by atoms with Crippen LogP contribution >= 0.6 is 0 Å². The summed E-state index contributed by atoms with van der Waals surface area (Å²) < 4.78 is 22.9. The lowest BCUT2D eigenvalue weighted by atomic mass is 10.1. The molecule has 0 aromatic heterocycles. The van der Waals surface area contributed by atoms with Gasteiger partial charge in [-0.25, -0.2) is 0 Å². The Balaban J connectivity index is 2.20. The lowest BCUT2D eigenvalue weighted by molar-refractivity contribution is 0.396. The first-order valence-electron chi connectivity index (χ1n) is 6.56. The van der Waals surface area contributed by atoms with E-state index in [0.717, 1.165) is 10.5 Å². The lowest BCUT2D eigenvalue weighted by Gasteiger charge is -2.16. The van der Waals surface area contributed by atoms with Gasteiger partial charge in [-0.1, -0.05) is 18.2 Å². The van der Waals surface area contributed by atoms with Crippen LogP contribution in [0.4, 0.5) is 0 Å². The molecule has 0 aliphatic rings. The standard InChI is InChI=1S/C16H19NO3S/c1-19-12-8-9-16(20-2)14(10-12)15(17)11-21(18)13-6-4-3-5-7-13/h3-10,15H,11,17H2,1-2H3. The van der Waals surface area contributed by atoms with Crippen LogP contribution in [0.3, 0.4) is 0 Å². The topological polar surface area (TPSA) is 61.6 Å². The largest absolute Gasteiger partial charge is 0.497 e. The molecule has 2 rings (SSSR count). The van der Waals surface area contributed by atoms with Crippen LogP contribution < -0.4 is 15.2 Å². The summed E-state index contributed by atoms with van der Waals surface area (Å²) in [5.41, 5.74) is 7.00. The maximum absolute atomic E-state index is 12.3. The summed E-state index contributed by atoms with van der Waals surface area (Å²) in [7, 11) is 2.03. The summed E-state index contributed by atoms with van der Waals surface area (Å²) in [4.78, 5) is 0.773. The van der Waals surface area contributed by atoms with Gasteiger partial charge in [0.25, 0.3) is 0 Å². The van der Waals surface area contributed by atoms with Gasteiger partial charge in [0, 0.05) is 22.3 Å². The molecule has 0 saturated heterocycles. The highest BCUT2D eigenvalue weighted by molar-refractivity contribution is 7.85. The fourth-order valence-electron chi connectivity index (χ4n) is 2.05. The van der Waals surface area contributed by atoms with Crippen molar-refractivity contribution in [3.8, 4) is 11.5 Å². The minimum atomic E-state index is -1.15. The van der Waals surface area contributed by atoms with E-state index in [1.54, 1.807) is 20.3 Å². The fourth-order valence-corrected chi connectivity index (χ4v) is 3.21. The Morgan fingerprint density at radius 2 is 1.81 bits per heavy atom. The van der Waals surface area contributed by atoms with Crippen LogP contribution in [0.1, 0.15) is 11.6 Å². The molecule has 4 nitrogen and oxygen atoms in total. The fraction of sp³-hybridized carbons (Fsp3) is 0.250. The summed E-state index contributed by atoms with van der Waals surface area (Å²) >= 11 is 0. The van der Waals surface area contributed by atoms with Crippen molar-refractivity contribution in [1.29, 1.82) is 0 Å². The minimum Gasteiger partial charge on any atom is -0.497 e. The average Bonchev–Trinajstić information content (AvgIpc) is 2.54. The minimum absolute atomic E-state index is 0.327. The van der Waals surface area contributed by atoms with Gasteiger partial charge in [0.15, 0.2) is 0 Å². The van der Waals surface area contributed by atoms with E-state index in [1.807, 2.05) is 42.5 Å². The second-order valence-electron chi connectivity index (χ2n) is 4.54. The Labute approximate surface area is 127 Å². The highest BCUT2D eigenvalue weighted by atomic mass is 32.2. The highest BCUT2D eigenvalue weighted by Gasteiger charge is 2.17. The summed E-state index contributed by atoms with van der Waals surface area (Å²) in [6.07, 6.45) is 0. The summed E-state index contributed by atoms with van der Waals surface area (Å²) in [6, 6.07) is 14.4. The Morgan fingerprint density at radius 1 is 1.10 bits per heavy atom. The third-order valence-corrected chi connectivity index (χ3v) is 4.63. The van der Waals surface area contributed by atoms with Crippen LogP contribution in [0, 0.1) is 0 Å². The zero-order valence-electron chi connectivity index (χ0n) is 12.1. The van der Waals surface area contributed by atoms with Crippen molar-refractivity contribution in [3.63, 3.8) is 0 Å². The molecule has 2 N–H and O–H groups in total. The van der Waals surface area contributed by atoms with Gasteiger partial charge in [-0.3, -0.25) is 4.21 Å². The second-order valence-corrected chi connectivity index (χ2v) is 6.04. The van der Waals surface area contributed by atoms with Crippen LogP contribution in [-0.4, -0.2) is 24.2 Å². The smallest absolute Gasteiger partial charge is 0.123 e. The van der Waals surface area contributed by atoms with Gasteiger partial charge in [0.1, 0.15) is 11.5 Å².